The molecule has 0 aliphatic carbocycles. The lowest BCUT2D eigenvalue weighted by atomic mass is 10.1. The van der Waals surface area contributed by atoms with Crippen LogP contribution in [0.3, 0.4) is 0 Å². The SMILES string of the molecule is CCOC(=O)c1nnsc1Sc1c(C(=O)OCC)nnn1-c1cc(C)c(C)cc1N. The van der Waals surface area contributed by atoms with E-state index in [-0.39, 0.29) is 24.6 Å². The van der Waals surface area contributed by atoms with E-state index < -0.39 is 11.9 Å². The molecule has 30 heavy (non-hydrogen) atoms. The number of aromatic nitrogens is 5. The van der Waals surface area contributed by atoms with Gasteiger partial charge in [-0.1, -0.05) is 21.5 Å². The van der Waals surface area contributed by atoms with E-state index in [2.05, 4.69) is 19.9 Å². The van der Waals surface area contributed by atoms with E-state index in [9.17, 15) is 9.59 Å². The number of esters is 2. The Kier molecular flexibility index (Phi) is 6.67. The lowest BCUT2D eigenvalue weighted by Crippen LogP contribution is -2.09. The van der Waals surface area contributed by atoms with Crippen molar-refractivity contribution in [2.24, 2.45) is 0 Å². The number of nitrogens with two attached hydrogens (primary N) is 1. The molecule has 2 aromatic heterocycles. The average Bonchev–Trinajstić information content (AvgIpc) is 3.33. The van der Waals surface area contributed by atoms with Crippen molar-refractivity contribution in [2.75, 3.05) is 18.9 Å². The van der Waals surface area contributed by atoms with Gasteiger partial charge >= 0.3 is 11.9 Å². The smallest absolute Gasteiger partial charge is 0.361 e. The monoisotopic (exact) mass is 448 g/mol. The van der Waals surface area contributed by atoms with Gasteiger partial charge in [0, 0.05) is 0 Å². The zero-order chi connectivity index (χ0) is 21.8. The van der Waals surface area contributed by atoms with Gasteiger partial charge in [-0.3, -0.25) is 0 Å². The summed E-state index contributed by atoms with van der Waals surface area (Å²) < 4.78 is 15.9. The van der Waals surface area contributed by atoms with Crippen LogP contribution in [0.15, 0.2) is 21.4 Å². The van der Waals surface area contributed by atoms with Crippen molar-refractivity contribution in [2.45, 2.75) is 36.9 Å². The van der Waals surface area contributed by atoms with Gasteiger partial charge in [0.2, 0.25) is 5.69 Å². The average molecular weight is 449 g/mol. The van der Waals surface area contributed by atoms with Crippen LogP contribution in [0.25, 0.3) is 5.69 Å². The minimum atomic E-state index is -0.635. The van der Waals surface area contributed by atoms with E-state index in [1.165, 1.54) is 4.68 Å². The first kappa shape index (κ1) is 21.7. The van der Waals surface area contributed by atoms with Crippen LogP contribution in [-0.2, 0) is 9.47 Å². The number of rotatable bonds is 7. The van der Waals surface area contributed by atoms with Gasteiger partial charge < -0.3 is 15.2 Å². The number of hydrogen-bond acceptors (Lipinski definition) is 11. The number of carbonyl (C=O) groups excluding carboxylic acids is 2. The lowest BCUT2D eigenvalue weighted by Gasteiger charge is -2.12. The summed E-state index contributed by atoms with van der Waals surface area (Å²) >= 11 is 2.08. The Balaban J connectivity index is 2.12. The van der Waals surface area contributed by atoms with Gasteiger partial charge in [-0.15, -0.1) is 10.2 Å². The maximum Gasteiger partial charge on any atom is 0.361 e. The van der Waals surface area contributed by atoms with E-state index in [1.807, 2.05) is 26.0 Å². The van der Waals surface area contributed by atoms with Crippen LogP contribution in [0.2, 0.25) is 0 Å². The highest BCUT2D eigenvalue weighted by molar-refractivity contribution is 8.01. The number of benzene rings is 1. The fraction of sp³-hybridized carbons (Fsp3) is 0.333. The summed E-state index contributed by atoms with van der Waals surface area (Å²) in [5, 5.41) is 12.3. The minimum Gasteiger partial charge on any atom is -0.461 e. The predicted molar refractivity (Wildman–Crippen MR) is 111 cm³/mol. The van der Waals surface area contributed by atoms with Crippen molar-refractivity contribution >= 4 is 40.9 Å². The van der Waals surface area contributed by atoms with E-state index >= 15 is 0 Å². The molecule has 2 N–H and O–H groups in total. The van der Waals surface area contributed by atoms with E-state index in [1.54, 1.807) is 13.8 Å². The Bertz CT molecular complexity index is 1090. The molecule has 3 aromatic rings. The molecule has 1 aromatic carbocycles. The fourth-order valence-corrected chi connectivity index (χ4v) is 4.25. The molecule has 0 unspecified atom stereocenters. The van der Waals surface area contributed by atoms with Gasteiger partial charge in [0.15, 0.2) is 5.69 Å². The normalized spacial score (nSPS) is 10.8. The molecule has 0 aliphatic heterocycles. The van der Waals surface area contributed by atoms with Crippen LogP contribution in [0, 0.1) is 13.8 Å². The van der Waals surface area contributed by atoms with Gasteiger partial charge in [-0.2, -0.15) is 0 Å². The molecule has 10 nitrogen and oxygen atoms in total. The molecule has 12 heteroatoms. The first-order valence-electron chi connectivity index (χ1n) is 9.04. The number of carbonyl (C=O) groups is 2. The van der Waals surface area contributed by atoms with Gasteiger partial charge in [-0.25, -0.2) is 14.3 Å². The molecule has 0 atom stereocenters. The summed E-state index contributed by atoms with van der Waals surface area (Å²) in [6.45, 7) is 7.67. The molecule has 158 valence electrons. The molecule has 3 rings (SSSR count). The van der Waals surface area contributed by atoms with Gasteiger partial charge in [-0.05, 0) is 62.5 Å². The highest BCUT2D eigenvalue weighted by Gasteiger charge is 2.27. The summed E-state index contributed by atoms with van der Waals surface area (Å²) in [5.74, 6) is -1.24. The zero-order valence-electron chi connectivity index (χ0n) is 16.8. The lowest BCUT2D eigenvalue weighted by molar-refractivity contribution is 0.0507. The first-order chi connectivity index (χ1) is 14.4. The number of ether oxygens (including phenoxy) is 2. The Hall–Kier alpha value is -2.99. The molecular weight excluding hydrogens is 428 g/mol. The maximum absolute atomic E-state index is 12.5. The number of aryl methyl sites for hydroxylation is 2. The van der Waals surface area contributed by atoms with Crippen molar-refractivity contribution in [1.82, 2.24) is 24.6 Å². The van der Waals surface area contributed by atoms with E-state index in [0.29, 0.717) is 20.6 Å². The molecule has 2 heterocycles. The van der Waals surface area contributed by atoms with Gasteiger partial charge in [0.1, 0.15) is 9.24 Å². The molecule has 0 saturated heterocycles. The molecule has 0 saturated carbocycles. The predicted octanol–water partition coefficient (Wildman–Crippen LogP) is 2.82. The third kappa shape index (κ3) is 4.28. The van der Waals surface area contributed by atoms with Gasteiger partial charge in [0.25, 0.3) is 0 Å². The second-order valence-corrected chi connectivity index (χ2v) is 8.11. The first-order valence-corrected chi connectivity index (χ1v) is 10.6. The van der Waals surface area contributed by atoms with Crippen molar-refractivity contribution in [3.8, 4) is 5.69 Å². The Labute approximate surface area is 180 Å². The quantitative estimate of drug-likeness (QED) is 0.424. The summed E-state index contributed by atoms with van der Waals surface area (Å²) in [6.07, 6.45) is 0. The van der Waals surface area contributed by atoms with Crippen LogP contribution in [0.5, 0.6) is 0 Å². The van der Waals surface area contributed by atoms with Crippen LogP contribution < -0.4 is 5.73 Å². The molecule has 0 radical (unpaired) electrons. The summed E-state index contributed by atoms with van der Waals surface area (Å²) in [5.41, 5.74) is 9.31. The topological polar surface area (TPSA) is 135 Å². The van der Waals surface area contributed by atoms with Crippen LogP contribution >= 0.6 is 23.3 Å². The third-order valence-corrected chi connectivity index (χ3v) is 6.02. The largest absolute Gasteiger partial charge is 0.461 e. The fourth-order valence-electron chi connectivity index (χ4n) is 2.52. The van der Waals surface area contributed by atoms with Crippen LogP contribution in [0.1, 0.15) is 46.0 Å². The number of nitrogens with zero attached hydrogens (tertiary/aromatic N) is 5. The van der Waals surface area contributed by atoms with Crippen LogP contribution in [-0.4, -0.2) is 49.7 Å². The highest BCUT2D eigenvalue weighted by atomic mass is 32.2. The molecule has 0 bridgehead atoms. The highest BCUT2D eigenvalue weighted by Crippen LogP contribution is 2.37. The summed E-state index contributed by atoms with van der Waals surface area (Å²) in [7, 11) is 0. The minimum absolute atomic E-state index is 0.00249. The Morgan fingerprint density at radius 3 is 2.37 bits per heavy atom. The molecule has 0 amide bonds. The van der Waals surface area contributed by atoms with Crippen molar-refractivity contribution < 1.29 is 19.1 Å². The summed E-state index contributed by atoms with van der Waals surface area (Å²) in [4.78, 5) is 24.7. The number of hydrogen-bond donors (Lipinski definition) is 1. The van der Waals surface area contributed by atoms with Crippen LogP contribution in [0.4, 0.5) is 5.69 Å². The molecular formula is C18H20N6O4S2. The molecule has 0 aliphatic rings. The molecule has 0 spiro atoms. The van der Waals surface area contributed by atoms with Crippen molar-refractivity contribution in [1.29, 1.82) is 0 Å². The van der Waals surface area contributed by atoms with E-state index in [0.717, 1.165) is 34.4 Å². The Morgan fingerprint density at radius 2 is 1.70 bits per heavy atom. The maximum atomic E-state index is 12.5. The standard InChI is InChI=1S/C18H20N6O4S2/c1-5-27-16(25)13-15(29-18-14(21-23-30-18)17(26)28-6-2)24(22-20-13)12-8-10(4)9(3)7-11(12)19/h7-8H,5-6,19H2,1-4H3. The van der Waals surface area contributed by atoms with Gasteiger partial charge in [0.05, 0.1) is 24.6 Å². The second kappa shape index (κ2) is 9.22. The number of anilines is 1. The second-order valence-electron chi connectivity index (χ2n) is 6.10. The number of nitrogen functional groups attached to an aromatic ring is 1. The third-order valence-electron chi connectivity index (χ3n) is 4.09. The zero-order valence-corrected chi connectivity index (χ0v) is 18.5. The Morgan fingerprint density at radius 1 is 1.07 bits per heavy atom. The summed E-state index contributed by atoms with van der Waals surface area (Å²) in [6, 6.07) is 3.68. The van der Waals surface area contributed by atoms with Crippen molar-refractivity contribution in [3.63, 3.8) is 0 Å². The molecule has 0 fully saturated rings. The van der Waals surface area contributed by atoms with E-state index in [4.69, 9.17) is 15.2 Å². The van der Waals surface area contributed by atoms with Crippen molar-refractivity contribution in [3.05, 3.63) is 34.6 Å².